The summed E-state index contributed by atoms with van der Waals surface area (Å²) in [6, 6.07) is 15.4. The zero-order valence-electron chi connectivity index (χ0n) is 13.3. The van der Waals surface area contributed by atoms with Crippen LogP contribution in [0.15, 0.2) is 74.3 Å². The number of halogens is 1. The number of fused-ring (bicyclic) bond motifs is 1. The first-order valence-electron chi connectivity index (χ1n) is 7.73. The van der Waals surface area contributed by atoms with E-state index in [1.54, 1.807) is 35.7 Å². The van der Waals surface area contributed by atoms with Crippen molar-refractivity contribution in [1.29, 1.82) is 0 Å². The number of anilines is 1. The van der Waals surface area contributed by atoms with E-state index in [2.05, 4.69) is 15.5 Å². The molecule has 4 aromatic rings. The van der Waals surface area contributed by atoms with Gasteiger partial charge in [-0.1, -0.05) is 36.4 Å². The van der Waals surface area contributed by atoms with Gasteiger partial charge in [0.2, 0.25) is 5.13 Å². The highest BCUT2D eigenvalue weighted by atomic mass is 32.1. The van der Waals surface area contributed by atoms with Gasteiger partial charge in [-0.25, -0.2) is 14.2 Å². The smallest absolute Gasteiger partial charge is 0.345 e. The van der Waals surface area contributed by atoms with Crippen molar-refractivity contribution >= 4 is 33.7 Å². The molecule has 0 spiro atoms. The van der Waals surface area contributed by atoms with Crippen molar-refractivity contribution in [2.24, 2.45) is 5.10 Å². The number of hydrazone groups is 1. The molecule has 1 N–H and O–H groups in total. The normalized spacial score (nSPS) is 11.3. The van der Waals surface area contributed by atoms with Crippen LogP contribution in [0.25, 0.3) is 22.2 Å². The van der Waals surface area contributed by atoms with Gasteiger partial charge in [0, 0.05) is 16.3 Å². The molecule has 2 aromatic heterocycles. The number of hydrogen-bond acceptors (Lipinski definition) is 6. The molecule has 0 aliphatic heterocycles. The number of nitrogens with zero attached hydrogens (tertiary/aromatic N) is 2. The largest absolute Gasteiger partial charge is 0.422 e. The predicted octanol–water partition coefficient (Wildman–Crippen LogP) is 4.50. The first-order chi connectivity index (χ1) is 12.7. The molecule has 0 unspecified atom stereocenters. The van der Waals surface area contributed by atoms with E-state index in [1.807, 2.05) is 18.2 Å². The van der Waals surface area contributed by atoms with Gasteiger partial charge in [0.25, 0.3) is 0 Å². The molecule has 0 aliphatic carbocycles. The molecule has 0 bridgehead atoms. The lowest BCUT2D eigenvalue weighted by Gasteiger charge is -1.99. The van der Waals surface area contributed by atoms with Crippen molar-refractivity contribution in [3.63, 3.8) is 0 Å². The van der Waals surface area contributed by atoms with Gasteiger partial charge in [0.1, 0.15) is 11.4 Å². The summed E-state index contributed by atoms with van der Waals surface area (Å²) in [7, 11) is 0. The van der Waals surface area contributed by atoms with Crippen molar-refractivity contribution in [3.8, 4) is 11.3 Å². The minimum atomic E-state index is -0.449. The van der Waals surface area contributed by atoms with Gasteiger partial charge >= 0.3 is 5.63 Å². The minimum Gasteiger partial charge on any atom is -0.422 e. The van der Waals surface area contributed by atoms with Crippen LogP contribution in [-0.2, 0) is 0 Å². The number of para-hydroxylation sites is 1. The average molecular weight is 365 g/mol. The maximum absolute atomic E-state index is 13.5. The van der Waals surface area contributed by atoms with E-state index in [0.29, 0.717) is 27.5 Å². The third kappa shape index (κ3) is 3.25. The Morgan fingerprint density at radius 3 is 2.85 bits per heavy atom. The van der Waals surface area contributed by atoms with Crippen molar-refractivity contribution in [2.45, 2.75) is 0 Å². The van der Waals surface area contributed by atoms with Crippen LogP contribution in [-0.4, -0.2) is 11.2 Å². The van der Waals surface area contributed by atoms with Crippen LogP contribution >= 0.6 is 11.3 Å². The van der Waals surface area contributed by atoms with Gasteiger partial charge in [0.05, 0.1) is 17.5 Å². The molecule has 4 rings (SSSR count). The Kier molecular flexibility index (Phi) is 4.28. The molecule has 0 atom stereocenters. The molecule has 7 heteroatoms. The monoisotopic (exact) mass is 365 g/mol. The first kappa shape index (κ1) is 16.2. The number of benzene rings is 2. The van der Waals surface area contributed by atoms with E-state index in [-0.39, 0.29) is 5.82 Å². The zero-order chi connectivity index (χ0) is 17.9. The summed E-state index contributed by atoms with van der Waals surface area (Å²) in [4.78, 5) is 16.5. The Balaban J connectivity index is 1.58. The lowest BCUT2D eigenvalue weighted by atomic mass is 10.1. The predicted molar refractivity (Wildman–Crippen MR) is 101 cm³/mol. The van der Waals surface area contributed by atoms with Gasteiger partial charge in [-0.2, -0.15) is 5.10 Å². The SMILES string of the molecule is O=c1oc2ccccc2cc1-c1csc(N/N=C\c2ccccc2F)n1. The van der Waals surface area contributed by atoms with Crippen LogP contribution in [0.5, 0.6) is 0 Å². The van der Waals surface area contributed by atoms with Crippen LogP contribution < -0.4 is 11.1 Å². The quantitative estimate of drug-likeness (QED) is 0.328. The third-order valence-corrected chi connectivity index (χ3v) is 4.44. The van der Waals surface area contributed by atoms with Crippen LogP contribution in [0.4, 0.5) is 9.52 Å². The lowest BCUT2D eigenvalue weighted by molar-refractivity contribution is 0.563. The molecular weight excluding hydrogens is 353 g/mol. The molecule has 0 radical (unpaired) electrons. The van der Waals surface area contributed by atoms with Gasteiger partial charge in [-0.3, -0.25) is 5.43 Å². The summed E-state index contributed by atoms with van der Waals surface area (Å²) in [6.45, 7) is 0. The molecule has 0 saturated heterocycles. The summed E-state index contributed by atoms with van der Waals surface area (Å²) >= 11 is 1.29. The van der Waals surface area contributed by atoms with Crippen molar-refractivity contribution < 1.29 is 8.81 Å². The minimum absolute atomic E-state index is 0.355. The Hall–Kier alpha value is -3.32. The zero-order valence-corrected chi connectivity index (χ0v) is 14.2. The van der Waals surface area contributed by atoms with Crippen LogP contribution in [0.2, 0.25) is 0 Å². The molecule has 2 aromatic carbocycles. The van der Waals surface area contributed by atoms with E-state index < -0.39 is 5.63 Å². The van der Waals surface area contributed by atoms with Gasteiger partial charge < -0.3 is 4.42 Å². The molecule has 0 saturated carbocycles. The van der Waals surface area contributed by atoms with Crippen molar-refractivity contribution in [2.75, 3.05) is 5.43 Å². The first-order valence-corrected chi connectivity index (χ1v) is 8.61. The Bertz CT molecular complexity index is 1170. The fourth-order valence-electron chi connectivity index (χ4n) is 2.43. The second-order valence-electron chi connectivity index (χ2n) is 5.41. The Labute approximate surface area is 151 Å². The number of rotatable bonds is 4. The highest BCUT2D eigenvalue weighted by Crippen LogP contribution is 2.25. The second-order valence-corrected chi connectivity index (χ2v) is 6.27. The average Bonchev–Trinajstić information content (AvgIpc) is 3.11. The summed E-state index contributed by atoms with van der Waals surface area (Å²) in [5.41, 5.74) is 4.07. The molecule has 26 heavy (non-hydrogen) atoms. The van der Waals surface area contributed by atoms with Crippen LogP contribution in [0, 0.1) is 5.82 Å². The topological polar surface area (TPSA) is 67.5 Å². The van der Waals surface area contributed by atoms with Gasteiger partial charge in [-0.15, -0.1) is 11.3 Å². The highest BCUT2D eigenvalue weighted by molar-refractivity contribution is 7.14. The van der Waals surface area contributed by atoms with Gasteiger partial charge in [0.15, 0.2) is 0 Å². The van der Waals surface area contributed by atoms with E-state index >= 15 is 0 Å². The molecule has 0 amide bonds. The Morgan fingerprint density at radius 1 is 1.15 bits per heavy atom. The van der Waals surface area contributed by atoms with E-state index in [1.165, 1.54) is 23.6 Å². The molecule has 5 nitrogen and oxygen atoms in total. The molecule has 128 valence electrons. The summed E-state index contributed by atoms with van der Waals surface area (Å²) in [6.07, 6.45) is 1.38. The van der Waals surface area contributed by atoms with Crippen LogP contribution in [0.3, 0.4) is 0 Å². The standard InChI is InChI=1S/C19H12FN3O2S/c20-15-7-3-1-6-13(15)10-21-23-19-22-16(11-26-19)14-9-12-5-2-4-8-17(12)25-18(14)24/h1-11H,(H,22,23)/b21-10-. The molecule has 0 aliphatic rings. The molecular formula is C19H12FN3O2S. The van der Waals surface area contributed by atoms with Crippen molar-refractivity contribution in [1.82, 2.24) is 4.98 Å². The second kappa shape index (κ2) is 6.89. The third-order valence-electron chi connectivity index (χ3n) is 3.69. The summed E-state index contributed by atoms with van der Waals surface area (Å²) in [5, 5.41) is 7.03. The summed E-state index contributed by atoms with van der Waals surface area (Å²) < 4.78 is 18.9. The van der Waals surface area contributed by atoms with E-state index in [0.717, 1.165) is 5.39 Å². The molecule has 0 fully saturated rings. The fraction of sp³-hybridized carbons (Fsp3) is 0. The number of hydrogen-bond donors (Lipinski definition) is 1. The maximum atomic E-state index is 13.5. The molecule has 2 heterocycles. The van der Waals surface area contributed by atoms with E-state index in [9.17, 15) is 9.18 Å². The Morgan fingerprint density at radius 2 is 1.96 bits per heavy atom. The van der Waals surface area contributed by atoms with Crippen molar-refractivity contribution in [3.05, 3.63) is 81.8 Å². The fourth-order valence-corrected chi connectivity index (χ4v) is 3.09. The van der Waals surface area contributed by atoms with Crippen LogP contribution in [0.1, 0.15) is 5.56 Å². The highest BCUT2D eigenvalue weighted by Gasteiger charge is 2.11. The number of nitrogens with one attached hydrogen (secondary N) is 1. The van der Waals surface area contributed by atoms with E-state index in [4.69, 9.17) is 4.42 Å². The maximum Gasteiger partial charge on any atom is 0.345 e. The number of aromatic nitrogens is 1. The summed E-state index contributed by atoms with van der Waals surface area (Å²) in [5.74, 6) is -0.355. The van der Waals surface area contributed by atoms with Gasteiger partial charge in [-0.05, 0) is 18.2 Å². The lowest BCUT2D eigenvalue weighted by Crippen LogP contribution is -2.02. The number of thiazole rings is 1.